The first-order valence-corrected chi connectivity index (χ1v) is 9.49. The SMILES string of the molecule is Cc1ccc(NC(=O)C2(C(=O)Nc3ccc(C(C)(C)C)cc3)CC2)cc1Cl. The van der Waals surface area contributed by atoms with E-state index in [0.29, 0.717) is 29.2 Å². The van der Waals surface area contributed by atoms with E-state index in [0.717, 1.165) is 5.56 Å². The summed E-state index contributed by atoms with van der Waals surface area (Å²) in [6.45, 7) is 8.32. The molecule has 2 amide bonds. The van der Waals surface area contributed by atoms with Gasteiger partial charge in [-0.05, 0) is 60.6 Å². The molecule has 0 aliphatic heterocycles. The van der Waals surface area contributed by atoms with Crippen LogP contribution in [0.4, 0.5) is 11.4 Å². The molecular weight excluding hydrogens is 360 g/mol. The van der Waals surface area contributed by atoms with Crippen LogP contribution in [0.15, 0.2) is 42.5 Å². The van der Waals surface area contributed by atoms with E-state index in [1.54, 1.807) is 12.1 Å². The zero-order valence-electron chi connectivity index (χ0n) is 16.2. The lowest BCUT2D eigenvalue weighted by molar-refractivity contribution is -0.131. The van der Waals surface area contributed by atoms with Crippen LogP contribution in [0, 0.1) is 12.3 Å². The highest BCUT2D eigenvalue weighted by Gasteiger charge is 2.56. The van der Waals surface area contributed by atoms with Gasteiger partial charge in [0.05, 0.1) is 0 Å². The molecule has 0 aromatic heterocycles. The average Bonchev–Trinajstić information content (AvgIpc) is 3.40. The zero-order chi connectivity index (χ0) is 19.8. The normalized spacial score (nSPS) is 15.1. The van der Waals surface area contributed by atoms with Gasteiger partial charge in [0.15, 0.2) is 0 Å². The van der Waals surface area contributed by atoms with Crippen LogP contribution in [0.1, 0.15) is 44.7 Å². The second-order valence-electron chi connectivity index (χ2n) is 8.28. The summed E-state index contributed by atoms with van der Waals surface area (Å²) in [5.41, 5.74) is 2.48. The average molecular weight is 385 g/mol. The lowest BCUT2D eigenvalue weighted by Crippen LogP contribution is -2.35. The Bertz CT molecular complexity index is 878. The van der Waals surface area contributed by atoms with Crippen molar-refractivity contribution in [3.63, 3.8) is 0 Å². The quantitative estimate of drug-likeness (QED) is 0.702. The number of benzene rings is 2. The molecule has 0 bridgehead atoms. The molecule has 2 aromatic rings. The number of carbonyl (C=O) groups is 2. The van der Waals surface area contributed by atoms with Crippen LogP contribution in [-0.4, -0.2) is 11.8 Å². The number of aryl methyl sites for hydroxylation is 1. The Hall–Kier alpha value is -2.33. The van der Waals surface area contributed by atoms with Gasteiger partial charge in [0.2, 0.25) is 11.8 Å². The van der Waals surface area contributed by atoms with Crippen molar-refractivity contribution >= 4 is 34.8 Å². The van der Waals surface area contributed by atoms with Gasteiger partial charge in [-0.2, -0.15) is 0 Å². The van der Waals surface area contributed by atoms with Crippen molar-refractivity contribution in [3.05, 3.63) is 58.6 Å². The smallest absolute Gasteiger partial charge is 0.240 e. The number of nitrogens with one attached hydrogen (secondary N) is 2. The van der Waals surface area contributed by atoms with Crippen molar-refractivity contribution in [1.29, 1.82) is 0 Å². The maximum atomic E-state index is 12.7. The third-order valence-electron chi connectivity index (χ3n) is 5.06. The molecule has 4 nitrogen and oxygen atoms in total. The first-order chi connectivity index (χ1) is 12.6. The van der Waals surface area contributed by atoms with Crippen LogP contribution in [0.25, 0.3) is 0 Å². The monoisotopic (exact) mass is 384 g/mol. The highest BCUT2D eigenvalue weighted by atomic mass is 35.5. The van der Waals surface area contributed by atoms with E-state index in [4.69, 9.17) is 11.6 Å². The van der Waals surface area contributed by atoms with E-state index in [1.807, 2.05) is 37.3 Å². The lowest BCUT2D eigenvalue weighted by Gasteiger charge is -2.20. The molecule has 2 aromatic carbocycles. The van der Waals surface area contributed by atoms with Crippen molar-refractivity contribution in [3.8, 4) is 0 Å². The van der Waals surface area contributed by atoms with Gasteiger partial charge in [-0.3, -0.25) is 9.59 Å². The fourth-order valence-corrected chi connectivity index (χ4v) is 3.09. The highest BCUT2D eigenvalue weighted by Crippen LogP contribution is 2.47. The van der Waals surface area contributed by atoms with Crippen LogP contribution in [0.2, 0.25) is 5.02 Å². The molecule has 0 heterocycles. The van der Waals surface area contributed by atoms with Crippen LogP contribution < -0.4 is 10.6 Å². The fraction of sp³-hybridized carbons (Fsp3) is 0.364. The van der Waals surface area contributed by atoms with Crippen molar-refractivity contribution in [2.75, 3.05) is 10.6 Å². The number of rotatable bonds is 4. The molecule has 0 atom stereocenters. The molecule has 0 saturated heterocycles. The standard InChI is InChI=1S/C22H25ClN2O2/c1-14-5-8-17(13-18(14)23)25-20(27)22(11-12-22)19(26)24-16-9-6-15(7-10-16)21(2,3)4/h5-10,13H,11-12H2,1-4H3,(H,24,26)(H,25,27). The molecule has 142 valence electrons. The molecule has 1 aliphatic rings. The predicted octanol–water partition coefficient (Wildman–Crippen LogP) is 5.30. The number of anilines is 2. The molecule has 27 heavy (non-hydrogen) atoms. The van der Waals surface area contributed by atoms with Gasteiger partial charge in [0, 0.05) is 16.4 Å². The second-order valence-corrected chi connectivity index (χ2v) is 8.69. The number of halogens is 1. The summed E-state index contributed by atoms with van der Waals surface area (Å²) in [4.78, 5) is 25.4. The van der Waals surface area contributed by atoms with E-state index in [1.165, 1.54) is 5.56 Å². The van der Waals surface area contributed by atoms with Gasteiger partial charge in [-0.25, -0.2) is 0 Å². The van der Waals surface area contributed by atoms with E-state index >= 15 is 0 Å². The van der Waals surface area contributed by atoms with E-state index in [9.17, 15) is 9.59 Å². The van der Waals surface area contributed by atoms with Crippen molar-refractivity contribution in [2.45, 2.75) is 46.0 Å². The highest BCUT2D eigenvalue weighted by molar-refractivity contribution is 6.31. The third kappa shape index (κ3) is 4.16. The summed E-state index contributed by atoms with van der Waals surface area (Å²) in [6, 6.07) is 13.1. The molecule has 3 rings (SSSR count). The molecule has 0 radical (unpaired) electrons. The van der Waals surface area contributed by atoms with E-state index in [2.05, 4.69) is 31.4 Å². The molecule has 1 fully saturated rings. The van der Waals surface area contributed by atoms with Gasteiger partial charge in [-0.1, -0.05) is 50.6 Å². The lowest BCUT2D eigenvalue weighted by atomic mass is 9.87. The number of hydrogen-bond donors (Lipinski definition) is 2. The third-order valence-corrected chi connectivity index (χ3v) is 5.46. The van der Waals surface area contributed by atoms with Crippen LogP contribution >= 0.6 is 11.6 Å². The summed E-state index contributed by atoms with van der Waals surface area (Å²) < 4.78 is 0. The first-order valence-electron chi connectivity index (χ1n) is 9.11. The van der Waals surface area contributed by atoms with Crippen molar-refractivity contribution < 1.29 is 9.59 Å². The predicted molar refractivity (Wildman–Crippen MR) is 110 cm³/mol. The molecule has 2 N–H and O–H groups in total. The van der Waals surface area contributed by atoms with Gasteiger partial charge in [0.25, 0.3) is 0 Å². The van der Waals surface area contributed by atoms with Gasteiger partial charge < -0.3 is 10.6 Å². The maximum Gasteiger partial charge on any atom is 0.240 e. The van der Waals surface area contributed by atoms with Crippen LogP contribution in [0.5, 0.6) is 0 Å². The first kappa shape index (κ1) is 19.4. The largest absolute Gasteiger partial charge is 0.325 e. The van der Waals surface area contributed by atoms with Crippen LogP contribution in [0.3, 0.4) is 0 Å². The summed E-state index contributed by atoms with van der Waals surface area (Å²) in [5, 5.41) is 6.29. The summed E-state index contributed by atoms with van der Waals surface area (Å²) in [7, 11) is 0. The second kappa shape index (κ2) is 7.01. The molecule has 1 aliphatic carbocycles. The Morgan fingerprint density at radius 2 is 1.44 bits per heavy atom. The molecular formula is C22H25ClN2O2. The van der Waals surface area contributed by atoms with E-state index < -0.39 is 5.41 Å². The zero-order valence-corrected chi connectivity index (χ0v) is 16.9. The Morgan fingerprint density at radius 1 is 0.926 bits per heavy atom. The summed E-state index contributed by atoms with van der Waals surface area (Å²) >= 11 is 6.11. The Labute approximate surface area is 165 Å². The Kier molecular flexibility index (Phi) is 5.04. The number of amides is 2. The minimum atomic E-state index is -1.000. The van der Waals surface area contributed by atoms with Gasteiger partial charge in [-0.15, -0.1) is 0 Å². The summed E-state index contributed by atoms with van der Waals surface area (Å²) in [6.07, 6.45) is 1.09. The molecule has 1 saturated carbocycles. The molecule has 5 heteroatoms. The van der Waals surface area contributed by atoms with Crippen molar-refractivity contribution in [2.24, 2.45) is 5.41 Å². The topological polar surface area (TPSA) is 58.2 Å². The Balaban J connectivity index is 1.68. The number of hydrogen-bond acceptors (Lipinski definition) is 2. The van der Waals surface area contributed by atoms with E-state index in [-0.39, 0.29) is 17.2 Å². The molecule has 0 unspecified atom stereocenters. The van der Waals surface area contributed by atoms with Gasteiger partial charge in [0.1, 0.15) is 5.41 Å². The maximum absolute atomic E-state index is 12.7. The van der Waals surface area contributed by atoms with Crippen LogP contribution in [-0.2, 0) is 15.0 Å². The number of carbonyl (C=O) groups excluding carboxylic acids is 2. The Morgan fingerprint density at radius 3 is 1.93 bits per heavy atom. The minimum Gasteiger partial charge on any atom is -0.325 e. The summed E-state index contributed by atoms with van der Waals surface area (Å²) in [5.74, 6) is -0.548. The fourth-order valence-electron chi connectivity index (χ4n) is 2.91. The molecule has 0 spiro atoms. The van der Waals surface area contributed by atoms with Gasteiger partial charge >= 0.3 is 0 Å². The minimum absolute atomic E-state index is 0.0510. The van der Waals surface area contributed by atoms with Crippen molar-refractivity contribution in [1.82, 2.24) is 0 Å².